The first kappa shape index (κ1) is 18.7. The molecule has 2 N–H and O–H groups in total. The Labute approximate surface area is 169 Å². The Kier molecular flexibility index (Phi) is 4.99. The number of carbonyl (C=O) groups is 1. The van der Waals surface area contributed by atoms with Crippen molar-refractivity contribution in [3.05, 3.63) is 72.3 Å². The first-order chi connectivity index (χ1) is 14.1. The second-order valence-corrected chi connectivity index (χ2v) is 6.63. The lowest BCUT2D eigenvalue weighted by molar-refractivity contribution is -0.118. The lowest BCUT2D eigenvalue weighted by Crippen LogP contribution is -2.39. The number of phenols is 1. The van der Waals surface area contributed by atoms with Crippen LogP contribution in [0.3, 0.4) is 0 Å². The maximum atomic E-state index is 13.5. The number of fused-ring (bicyclic) bond motifs is 1. The molecule has 0 aromatic heterocycles. The molecule has 3 aromatic rings. The molecular formula is C23H22N2O4. The van der Waals surface area contributed by atoms with Gasteiger partial charge in [-0.3, -0.25) is 9.69 Å². The van der Waals surface area contributed by atoms with Crippen LogP contribution in [-0.4, -0.2) is 24.7 Å². The van der Waals surface area contributed by atoms with Gasteiger partial charge in [0, 0.05) is 5.69 Å². The summed E-state index contributed by atoms with van der Waals surface area (Å²) < 4.78 is 10.7. The topological polar surface area (TPSA) is 71.0 Å². The average molecular weight is 390 g/mol. The highest BCUT2D eigenvalue weighted by Gasteiger charge is 2.34. The van der Waals surface area contributed by atoms with Crippen molar-refractivity contribution in [3.8, 4) is 17.2 Å². The van der Waals surface area contributed by atoms with Crippen molar-refractivity contribution in [1.82, 2.24) is 0 Å². The van der Waals surface area contributed by atoms with Gasteiger partial charge in [0.05, 0.1) is 25.1 Å². The summed E-state index contributed by atoms with van der Waals surface area (Å²) in [6.45, 7) is 2.27. The molecule has 0 saturated carbocycles. The number of aromatic hydroxyl groups is 1. The lowest BCUT2D eigenvalue weighted by Gasteiger charge is -2.35. The molecule has 3 aromatic carbocycles. The minimum atomic E-state index is -0.619. The molecule has 1 unspecified atom stereocenters. The van der Waals surface area contributed by atoms with Crippen molar-refractivity contribution >= 4 is 23.0 Å². The number of nitrogens with zero attached hydrogens (tertiary/aromatic N) is 1. The summed E-state index contributed by atoms with van der Waals surface area (Å²) in [5, 5.41) is 13.3. The number of anilines is 3. The molecule has 0 aliphatic carbocycles. The number of methoxy groups -OCH3 is 1. The summed E-state index contributed by atoms with van der Waals surface area (Å²) in [4.78, 5) is 15.2. The third kappa shape index (κ3) is 3.45. The second kappa shape index (κ2) is 7.75. The lowest BCUT2D eigenvalue weighted by atomic mass is 10.00. The normalized spacial score (nSPS) is 15.4. The van der Waals surface area contributed by atoms with Crippen LogP contribution in [0.1, 0.15) is 18.5 Å². The van der Waals surface area contributed by atoms with Gasteiger partial charge in [-0.25, -0.2) is 0 Å². The van der Waals surface area contributed by atoms with Gasteiger partial charge in [0.15, 0.2) is 11.5 Å². The van der Waals surface area contributed by atoms with Gasteiger partial charge >= 0.3 is 0 Å². The molecule has 1 heterocycles. The number of para-hydroxylation sites is 2. The number of ether oxygens (including phenoxy) is 2. The van der Waals surface area contributed by atoms with E-state index in [0.29, 0.717) is 17.9 Å². The maximum absolute atomic E-state index is 13.5. The Morgan fingerprint density at radius 1 is 1.07 bits per heavy atom. The summed E-state index contributed by atoms with van der Waals surface area (Å²) in [7, 11) is 1.61. The molecule has 0 saturated heterocycles. The van der Waals surface area contributed by atoms with Crippen molar-refractivity contribution in [1.29, 1.82) is 0 Å². The summed E-state index contributed by atoms with van der Waals surface area (Å²) in [6.07, 6.45) is 0. The molecule has 29 heavy (non-hydrogen) atoms. The van der Waals surface area contributed by atoms with E-state index in [4.69, 9.17) is 9.47 Å². The monoisotopic (exact) mass is 390 g/mol. The molecule has 1 aliphatic heterocycles. The van der Waals surface area contributed by atoms with E-state index in [9.17, 15) is 9.90 Å². The van der Waals surface area contributed by atoms with Gasteiger partial charge in [-0.15, -0.1) is 0 Å². The van der Waals surface area contributed by atoms with E-state index in [-0.39, 0.29) is 11.7 Å². The first-order valence-electron chi connectivity index (χ1n) is 9.41. The number of phenolic OH excluding ortho intramolecular Hbond substituents is 1. The highest BCUT2D eigenvalue weighted by atomic mass is 16.5. The molecule has 148 valence electrons. The van der Waals surface area contributed by atoms with Gasteiger partial charge in [0.1, 0.15) is 11.8 Å². The quantitative estimate of drug-likeness (QED) is 0.665. The first-order valence-corrected chi connectivity index (χ1v) is 9.41. The number of hydrogen-bond acceptors (Lipinski definition) is 5. The van der Waals surface area contributed by atoms with Gasteiger partial charge in [0.25, 0.3) is 5.91 Å². The van der Waals surface area contributed by atoms with E-state index in [1.807, 2.05) is 55.5 Å². The number of amides is 1. The third-order valence-electron chi connectivity index (χ3n) is 4.86. The predicted molar refractivity (Wildman–Crippen MR) is 112 cm³/mol. The Balaban J connectivity index is 1.78. The van der Waals surface area contributed by atoms with Crippen LogP contribution in [0, 0.1) is 0 Å². The van der Waals surface area contributed by atoms with Crippen LogP contribution >= 0.6 is 0 Å². The van der Waals surface area contributed by atoms with Crippen LogP contribution < -0.4 is 19.7 Å². The molecule has 0 radical (unpaired) electrons. The van der Waals surface area contributed by atoms with Crippen LogP contribution in [0.25, 0.3) is 0 Å². The van der Waals surface area contributed by atoms with Crippen molar-refractivity contribution < 1.29 is 19.4 Å². The summed E-state index contributed by atoms with van der Waals surface area (Å²) in [5.41, 5.74) is 3.09. The highest BCUT2D eigenvalue weighted by Crippen LogP contribution is 2.42. The number of nitrogens with one attached hydrogen (secondary N) is 1. The number of carbonyl (C=O) groups excluding carboxylic acids is 1. The van der Waals surface area contributed by atoms with Crippen molar-refractivity contribution in [3.63, 3.8) is 0 Å². The molecule has 6 nitrogen and oxygen atoms in total. The molecule has 1 aliphatic rings. The Hall–Kier alpha value is -3.67. The standard InChI is InChI=1S/C23H22N2O4/c1-3-29-21-14-15(8-13-20(21)26)22-23(27)25(16-9-11-17(28-2)12-10-16)19-7-5-4-6-18(19)24-22/h4-14,22,24,26H,3H2,1-2H3. The van der Waals surface area contributed by atoms with Crippen molar-refractivity contribution in [2.24, 2.45) is 0 Å². The summed E-state index contributed by atoms with van der Waals surface area (Å²) in [5.74, 6) is 1.00. The number of hydrogen-bond donors (Lipinski definition) is 2. The molecule has 1 atom stereocenters. The number of benzene rings is 3. The van der Waals surface area contributed by atoms with Crippen LogP contribution in [0.5, 0.6) is 17.2 Å². The van der Waals surface area contributed by atoms with Gasteiger partial charge < -0.3 is 19.9 Å². The van der Waals surface area contributed by atoms with Crippen LogP contribution in [-0.2, 0) is 4.79 Å². The van der Waals surface area contributed by atoms with E-state index in [1.54, 1.807) is 30.2 Å². The molecule has 0 spiro atoms. The Bertz CT molecular complexity index is 1030. The molecular weight excluding hydrogens is 368 g/mol. The molecule has 1 amide bonds. The van der Waals surface area contributed by atoms with Crippen molar-refractivity contribution in [2.45, 2.75) is 13.0 Å². The van der Waals surface area contributed by atoms with Gasteiger partial charge in [-0.2, -0.15) is 0 Å². The van der Waals surface area contributed by atoms with E-state index < -0.39 is 6.04 Å². The fourth-order valence-electron chi connectivity index (χ4n) is 3.46. The van der Waals surface area contributed by atoms with E-state index >= 15 is 0 Å². The Morgan fingerprint density at radius 3 is 2.55 bits per heavy atom. The zero-order valence-electron chi connectivity index (χ0n) is 16.3. The largest absolute Gasteiger partial charge is 0.504 e. The summed E-state index contributed by atoms with van der Waals surface area (Å²) in [6, 6.07) is 19.4. The average Bonchev–Trinajstić information content (AvgIpc) is 2.75. The minimum absolute atomic E-state index is 0.0475. The van der Waals surface area contributed by atoms with E-state index in [0.717, 1.165) is 22.8 Å². The maximum Gasteiger partial charge on any atom is 0.258 e. The number of rotatable bonds is 5. The zero-order valence-corrected chi connectivity index (χ0v) is 16.3. The Morgan fingerprint density at radius 2 is 1.83 bits per heavy atom. The van der Waals surface area contributed by atoms with E-state index in [1.165, 1.54) is 0 Å². The molecule has 4 rings (SSSR count). The van der Waals surface area contributed by atoms with E-state index in [2.05, 4.69) is 5.32 Å². The SMILES string of the molecule is CCOc1cc(C2Nc3ccccc3N(c3ccc(OC)cc3)C2=O)ccc1O. The minimum Gasteiger partial charge on any atom is -0.504 e. The molecule has 0 bridgehead atoms. The zero-order chi connectivity index (χ0) is 20.4. The smallest absolute Gasteiger partial charge is 0.258 e. The molecule has 6 heteroatoms. The summed E-state index contributed by atoms with van der Waals surface area (Å²) >= 11 is 0. The predicted octanol–water partition coefficient (Wildman–Crippen LogP) is 4.63. The van der Waals surface area contributed by atoms with Crippen molar-refractivity contribution in [2.75, 3.05) is 23.9 Å². The van der Waals surface area contributed by atoms with Gasteiger partial charge in [0.2, 0.25) is 0 Å². The van der Waals surface area contributed by atoms with Crippen LogP contribution in [0.2, 0.25) is 0 Å². The highest BCUT2D eigenvalue weighted by molar-refractivity contribution is 6.10. The van der Waals surface area contributed by atoms with Crippen LogP contribution in [0.4, 0.5) is 17.1 Å². The third-order valence-corrected chi connectivity index (χ3v) is 4.86. The van der Waals surface area contributed by atoms with Gasteiger partial charge in [-0.05, 0) is 61.0 Å². The van der Waals surface area contributed by atoms with Crippen LogP contribution in [0.15, 0.2) is 66.7 Å². The molecule has 0 fully saturated rings. The van der Waals surface area contributed by atoms with Gasteiger partial charge in [-0.1, -0.05) is 18.2 Å². The second-order valence-electron chi connectivity index (χ2n) is 6.63. The fourth-order valence-corrected chi connectivity index (χ4v) is 3.46. The fraction of sp³-hybridized carbons (Fsp3) is 0.174.